The van der Waals surface area contributed by atoms with Crippen LogP contribution in [0.2, 0.25) is 5.02 Å². The van der Waals surface area contributed by atoms with E-state index in [9.17, 15) is 14.7 Å². The zero-order chi connectivity index (χ0) is 24.7. The van der Waals surface area contributed by atoms with Gasteiger partial charge in [0.25, 0.3) is 5.56 Å². The minimum Gasteiger partial charge on any atom is -0.464 e. The maximum absolute atomic E-state index is 12.9. The Hall–Kier alpha value is -3.72. The van der Waals surface area contributed by atoms with Gasteiger partial charge in [0.1, 0.15) is 5.65 Å². The molecule has 4 heterocycles. The molecule has 4 aromatic heterocycles. The third-order valence-electron chi connectivity index (χ3n) is 5.77. The summed E-state index contributed by atoms with van der Waals surface area (Å²) in [6.45, 7) is 7.79. The van der Waals surface area contributed by atoms with E-state index in [0.717, 1.165) is 21.4 Å². The van der Waals surface area contributed by atoms with Gasteiger partial charge in [-0.25, -0.2) is 19.3 Å². The summed E-state index contributed by atoms with van der Waals surface area (Å²) >= 11 is 6.14. The zero-order valence-electron chi connectivity index (χ0n) is 19.5. The molecular weight excluding hydrogens is 456 g/mol. The number of nitrogens with zero attached hydrogens (tertiary/aromatic N) is 5. The molecule has 0 bridgehead atoms. The minimum atomic E-state index is -1.12. The van der Waals surface area contributed by atoms with Crippen molar-refractivity contribution in [3.05, 3.63) is 69.0 Å². The molecule has 0 radical (unpaired) electrons. The highest BCUT2D eigenvalue weighted by molar-refractivity contribution is 6.31. The summed E-state index contributed by atoms with van der Waals surface area (Å²) in [4.78, 5) is 37.9. The summed E-state index contributed by atoms with van der Waals surface area (Å²) in [7, 11) is 1.67. The summed E-state index contributed by atoms with van der Waals surface area (Å²) in [6, 6.07) is 5.55. The maximum Gasteiger partial charge on any atom is 0.417 e. The summed E-state index contributed by atoms with van der Waals surface area (Å²) in [5.74, 6) is 0.302. The first kappa shape index (κ1) is 23.4. The van der Waals surface area contributed by atoms with Crippen LogP contribution in [0.15, 0.2) is 41.6 Å². The number of halogens is 1. The zero-order valence-corrected chi connectivity index (χ0v) is 20.3. The Balaban J connectivity index is 1.76. The molecule has 0 fully saturated rings. The third-order valence-corrected chi connectivity index (χ3v) is 5.98. The monoisotopic (exact) mass is 480 g/mol. The molecule has 2 N–H and O–H groups in total. The molecule has 1 atom stereocenters. The third kappa shape index (κ3) is 4.14. The highest BCUT2D eigenvalue weighted by Gasteiger charge is 2.22. The van der Waals surface area contributed by atoms with Gasteiger partial charge in [-0.3, -0.25) is 14.3 Å². The summed E-state index contributed by atoms with van der Waals surface area (Å²) in [6.07, 6.45) is 3.40. The lowest BCUT2D eigenvalue weighted by Gasteiger charge is -2.16. The fraction of sp³-hybridized carbons (Fsp3) is 0.292. The Bertz CT molecular complexity index is 1470. The molecule has 0 saturated heterocycles. The molecule has 34 heavy (non-hydrogen) atoms. The quantitative estimate of drug-likeness (QED) is 0.427. The summed E-state index contributed by atoms with van der Waals surface area (Å²) in [5, 5.41) is 13.8. The van der Waals surface area contributed by atoms with Gasteiger partial charge in [0.2, 0.25) is 5.95 Å². The average Bonchev–Trinajstić information content (AvgIpc) is 3.15. The second kappa shape index (κ2) is 8.90. The second-order valence-electron chi connectivity index (χ2n) is 8.51. The van der Waals surface area contributed by atoms with Gasteiger partial charge >= 0.3 is 6.09 Å². The van der Waals surface area contributed by atoms with Crippen LogP contribution < -0.4 is 10.9 Å². The van der Waals surface area contributed by atoms with Crippen molar-refractivity contribution in [2.24, 2.45) is 7.05 Å². The van der Waals surface area contributed by atoms with E-state index >= 15 is 0 Å². The molecule has 1 unspecified atom stereocenters. The standard InChI is InChI=1S/C24H25ClN6O3/c1-12(2)28-23-27-10-18(22(32)30(23)5)20-7-6-16(14(4)29-20)13(3)19-11-31(24(33)34)21-17(19)8-15(25)9-26-21/h6-13H,1-5H3,(H,27,28)(H,33,34). The van der Waals surface area contributed by atoms with Crippen molar-refractivity contribution in [1.82, 2.24) is 24.1 Å². The topological polar surface area (TPSA) is 115 Å². The number of hydrogen-bond acceptors (Lipinski definition) is 6. The number of pyridine rings is 2. The lowest BCUT2D eigenvalue weighted by molar-refractivity contribution is 0.197. The van der Waals surface area contributed by atoms with E-state index in [4.69, 9.17) is 11.6 Å². The number of anilines is 1. The molecule has 0 aliphatic rings. The van der Waals surface area contributed by atoms with Crippen LogP contribution in [0.4, 0.5) is 10.7 Å². The van der Waals surface area contributed by atoms with Crippen molar-refractivity contribution < 1.29 is 9.90 Å². The molecule has 0 saturated carbocycles. The Morgan fingerprint density at radius 3 is 2.53 bits per heavy atom. The average molecular weight is 481 g/mol. The number of aromatic nitrogens is 5. The van der Waals surface area contributed by atoms with Gasteiger partial charge in [-0.15, -0.1) is 0 Å². The van der Waals surface area contributed by atoms with E-state index in [1.165, 1.54) is 17.0 Å². The number of rotatable bonds is 5. The van der Waals surface area contributed by atoms with Gasteiger partial charge in [-0.05, 0) is 44.0 Å². The first-order chi connectivity index (χ1) is 16.1. The van der Waals surface area contributed by atoms with Gasteiger partial charge in [0.05, 0.1) is 16.3 Å². The fourth-order valence-corrected chi connectivity index (χ4v) is 4.21. The van der Waals surface area contributed by atoms with E-state index in [0.29, 0.717) is 33.3 Å². The van der Waals surface area contributed by atoms with Crippen molar-refractivity contribution in [3.63, 3.8) is 0 Å². The fourth-order valence-electron chi connectivity index (χ4n) is 4.06. The van der Waals surface area contributed by atoms with E-state index in [1.807, 2.05) is 33.8 Å². The van der Waals surface area contributed by atoms with Crippen molar-refractivity contribution >= 4 is 34.7 Å². The van der Waals surface area contributed by atoms with Gasteiger partial charge in [-0.2, -0.15) is 0 Å². The number of carboxylic acid groups (broad SMARTS) is 1. The smallest absolute Gasteiger partial charge is 0.417 e. The molecule has 0 aliphatic carbocycles. The molecule has 10 heteroatoms. The van der Waals surface area contributed by atoms with E-state index in [2.05, 4.69) is 20.3 Å². The maximum atomic E-state index is 12.9. The van der Waals surface area contributed by atoms with Crippen LogP contribution in [0.5, 0.6) is 0 Å². The molecule has 9 nitrogen and oxygen atoms in total. The first-order valence-electron chi connectivity index (χ1n) is 10.8. The molecule has 0 amide bonds. The number of hydrogen-bond donors (Lipinski definition) is 2. The summed E-state index contributed by atoms with van der Waals surface area (Å²) in [5.41, 5.74) is 3.44. The lowest BCUT2D eigenvalue weighted by Crippen LogP contribution is -2.26. The Morgan fingerprint density at radius 2 is 1.88 bits per heavy atom. The van der Waals surface area contributed by atoms with Gasteiger partial charge in [0, 0.05) is 48.7 Å². The van der Waals surface area contributed by atoms with Crippen molar-refractivity contribution in [1.29, 1.82) is 0 Å². The van der Waals surface area contributed by atoms with Crippen LogP contribution in [0, 0.1) is 6.92 Å². The number of nitrogens with one attached hydrogen (secondary N) is 1. The predicted octanol–water partition coefficient (Wildman–Crippen LogP) is 4.65. The van der Waals surface area contributed by atoms with Crippen LogP contribution in [0.3, 0.4) is 0 Å². The largest absolute Gasteiger partial charge is 0.464 e. The summed E-state index contributed by atoms with van der Waals surface area (Å²) < 4.78 is 2.57. The minimum absolute atomic E-state index is 0.141. The molecule has 0 aliphatic heterocycles. The molecular formula is C24H25ClN6O3. The van der Waals surface area contributed by atoms with Crippen molar-refractivity contribution in [2.45, 2.75) is 39.7 Å². The van der Waals surface area contributed by atoms with Gasteiger partial charge in [0.15, 0.2) is 0 Å². The molecule has 4 aromatic rings. The van der Waals surface area contributed by atoms with Gasteiger partial charge < -0.3 is 10.4 Å². The van der Waals surface area contributed by atoms with Crippen LogP contribution in [0.1, 0.15) is 43.5 Å². The van der Waals surface area contributed by atoms with E-state index in [1.54, 1.807) is 25.4 Å². The van der Waals surface area contributed by atoms with Gasteiger partial charge in [-0.1, -0.05) is 24.6 Å². The predicted molar refractivity (Wildman–Crippen MR) is 132 cm³/mol. The van der Waals surface area contributed by atoms with E-state index in [-0.39, 0.29) is 17.5 Å². The molecule has 0 spiro atoms. The number of carbonyl (C=O) groups is 1. The Morgan fingerprint density at radius 1 is 1.15 bits per heavy atom. The highest BCUT2D eigenvalue weighted by Crippen LogP contribution is 2.34. The Kier molecular flexibility index (Phi) is 6.14. The highest BCUT2D eigenvalue weighted by atomic mass is 35.5. The van der Waals surface area contributed by atoms with Crippen LogP contribution >= 0.6 is 11.6 Å². The number of fused-ring (bicyclic) bond motifs is 1. The van der Waals surface area contributed by atoms with Crippen LogP contribution in [-0.2, 0) is 7.05 Å². The Labute approximate surface area is 201 Å². The first-order valence-corrected chi connectivity index (χ1v) is 11.2. The molecule has 0 aromatic carbocycles. The van der Waals surface area contributed by atoms with Crippen molar-refractivity contribution in [2.75, 3.05) is 5.32 Å². The van der Waals surface area contributed by atoms with Crippen LogP contribution in [-0.4, -0.2) is 41.3 Å². The normalized spacial score (nSPS) is 12.3. The van der Waals surface area contributed by atoms with Crippen molar-refractivity contribution in [3.8, 4) is 11.3 Å². The second-order valence-corrected chi connectivity index (χ2v) is 8.95. The number of aryl methyl sites for hydroxylation is 1. The molecule has 176 valence electrons. The van der Waals surface area contributed by atoms with E-state index < -0.39 is 6.09 Å². The van der Waals surface area contributed by atoms with Crippen LogP contribution in [0.25, 0.3) is 22.3 Å². The molecule has 4 rings (SSSR count). The lowest BCUT2D eigenvalue weighted by atomic mass is 9.92. The SMILES string of the molecule is Cc1nc(-c2cnc(NC(C)C)n(C)c2=O)ccc1C(C)c1cn(C(=O)O)c2ncc(Cl)cc12.